The van der Waals surface area contributed by atoms with Crippen LogP contribution in [0.2, 0.25) is 0 Å². The maximum atomic E-state index is 12.5. The zero-order valence-electron chi connectivity index (χ0n) is 12.3. The molecule has 0 aliphatic rings. The predicted octanol–water partition coefficient (Wildman–Crippen LogP) is 2.68. The first-order valence-corrected chi connectivity index (χ1v) is 6.75. The van der Waals surface area contributed by atoms with Crippen molar-refractivity contribution in [1.29, 1.82) is 0 Å². The molecule has 0 atom stereocenters. The highest BCUT2D eigenvalue weighted by molar-refractivity contribution is 6.11. The van der Waals surface area contributed by atoms with Crippen LogP contribution in [0, 0.1) is 0 Å². The molecule has 0 saturated heterocycles. The number of hydrogen-bond acceptors (Lipinski definition) is 5. The number of esters is 1. The summed E-state index contributed by atoms with van der Waals surface area (Å²) in [5, 5.41) is 19.5. The molecule has 2 aromatic rings. The third-order valence-corrected chi connectivity index (χ3v) is 3.38. The fourth-order valence-corrected chi connectivity index (χ4v) is 2.09. The zero-order chi connectivity index (χ0) is 16.3. The molecule has 0 aromatic heterocycles. The second-order valence-corrected chi connectivity index (χ2v) is 4.76. The van der Waals surface area contributed by atoms with E-state index in [1.54, 1.807) is 12.1 Å². The molecule has 0 aliphatic carbocycles. The van der Waals surface area contributed by atoms with E-state index in [0.717, 1.165) is 12.0 Å². The van der Waals surface area contributed by atoms with Gasteiger partial charge >= 0.3 is 5.97 Å². The van der Waals surface area contributed by atoms with Crippen LogP contribution in [0.1, 0.15) is 38.8 Å². The van der Waals surface area contributed by atoms with Crippen molar-refractivity contribution >= 4 is 11.8 Å². The number of methoxy groups -OCH3 is 1. The molecule has 0 amide bonds. The first-order chi connectivity index (χ1) is 10.5. The van der Waals surface area contributed by atoms with Crippen LogP contribution >= 0.6 is 0 Å². The van der Waals surface area contributed by atoms with Gasteiger partial charge in [0.05, 0.1) is 12.7 Å². The van der Waals surface area contributed by atoms with E-state index in [9.17, 15) is 19.8 Å². The standard InChI is InChI=1S/C17H16O5/c1-3-10-4-6-14(18)12(8-10)16(20)11-5-7-15(19)13(9-11)17(21)22-2/h4-9,18-19H,3H2,1-2H3. The van der Waals surface area contributed by atoms with Crippen molar-refractivity contribution in [2.45, 2.75) is 13.3 Å². The molecular weight excluding hydrogens is 284 g/mol. The van der Waals surface area contributed by atoms with E-state index in [-0.39, 0.29) is 28.2 Å². The van der Waals surface area contributed by atoms with E-state index >= 15 is 0 Å². The van der Waals surface area contributed by atoms with Crippen LogP contribution in [0.3, 0.4) is 0 Å². The number of ketones is 1. The Morgan fingerprint density at radius 3 is 2.27 bits per heavy atom. The SMILES string of the molecule is CCc1ccc(O)c(C(=O)c2ccc(O)c(C(=O)OC)c2)c1. The van der Waals surface area contributed by atoms with Gasteiger partial charge in [0.25, 0.3) is 0 Å². The first-order valence-electron chi connectivity index (χ1n) is 6.75. The van der Waals surface area contributed by atoms with Crippen molar-refractivity contribution in [2.75, 3.05) is 7.11 Å². The van der Waals surface area contributed by atoms with Gasteiger partial charge in [0.1, 0.15) is 17.1 Å². The average molecular weight is 300 g/mol. The molecular formula is C17H16O5. The number of hydrogen-bond donors (Lipinski definition) is 2. The molecule has 0 aliphatic heterocycles. The van der Waals surface area contributed by atoms with Gasteiger partial charge in [0.2, 0.25) is 0 Å². The summed E-state index contributed by atoms with van der Waals surface area (Å²) >= 11 is 0. The Balaban J connectivity index is 2.48. The topological polar surface area (TPSA) is 83.8 Å². The maximum Gasteiger partial charge on any atom is 0.341 e. The largest absolute Gasteiger partial charge is 0.507 e. The number of phenols is 2. The molecule has 5 heteroatoms. The van der Waals surface area contributed by atoms with Gasteiger partial charge in [-0.05, 0) is 42.3 Å². The average Bonchev–Trinajstić information content (AvgIpc) is 2.54. The highest BCUT2D eigenvalue weighted by Crippen LogP contribution is 2.25. The van der Waals surface area contributed by atoms with Crippen LogP contribution in [0.4, 0.5) is 0 Å². The zero-order valence-corrected chi connectivity index (χ0v) is 12.3. The molecule has 0 spiro atoms. The van der Waals surface area contributed by atoms with Crippen LogP contribution in [-0.2, 0) is 11.2 Å². The van der Waals surface area contributed by atoms with Crippen LogP contribution < -0.4 is 0 Å². The molecule has 0 radical (unpaired) electrons. The second kappa shape index (κ2) is 6.30. The minimum absolute atomic E-state index is 0.0977. The predicted molar refractivity (Wildman–Crippen MR) is 80.4 cm³/mol. The molecule has 2 N–H and O–H groups in total. The normalized spacial score (nSPS) is 10.3. The molecule has 2 aromatic carbocycles. The summed E-state index contributed by atoms with van der Waals surface area (Å²) < 4.78 is 4.56. The number of aryl methyl sites for hydroxylation is 1. The quantitative estimate of drug-likeness (QED) is 0.670. The van der Waals surface area contributed by atoms with Gasteiger partial charge in [0, 0.05) is 5.56 Å². The highest BCUT2D eigenvalue weighted by atomic mass is 16.5. The Kier molecular flexibility index (Phi) is 4.46. The summed E-state index contributed by atoms with van der Waals surface area (Å²) in [4.78, 5) is 24.1. The summed E-state index contributed by atoms with van der Waals surface area (Å²) in [5.74, 6) is -1.57. The molecule has 0 unspecified atom stereocenters. The lowest BCUT2D eigenvalue weighted by Crippen LogP contribution is -2.07. The molecule has 5 nitrogen and oxygen atoms in total. The Hall–Kier alpha value is -2.82. The lowest BCUT2D eigenvalue weighted by Gasteiger charge is -2.08. The van der Waals surface area contributed by atoms with Crippen LogP contribution in [-0.4, -0.2) is 29.1 Å². The Morgan fingerprint density at radius 1 is 1.00 bits per heavy atom. The third-order valence-electron chi connectivity index (χ3n) is 3.38. The summed E-state index contributed by atoms with van der Waals surface area (Å²) in [6.45, 7) is 1.94. The Bertz CT molecular complexity index is 734. The minimum Gasteiger partial charge on any atom is -0.507 e. The first kappa shape index (κ1) is 15.6. The number of ether oxygens (including phenoxy) is 1. The van der Waals surface area contributed by atoms with Crippen LogP contribution in [0.5, 0.6) is 11.5 Å². The number of aromatic hydroxyl groups is 2. The van der Waals surface area contributed by atoms with Crippen molar-refractivity contribution in [3.05, 3.63) is 58.7 Å². The fourth-order valence-electron chi connectivity index (χ4n) is 2.09. The summed E-state index contributed by atoms with van der Waals surface area (Å²) in [6, 6.07) is 8.71. The Labute approximate surface area is 127 Å². The van der Waals surface area contributed by atoms with Crippen molar-refractivity contribution in [2.24, 2.45) is 0 Å². The molecule has 22 heavy (non-hydrogen) atoms. The third kappa shape index (κ3) is 2.93. The highest BCUT2D eigenvalue weighted by Gasteiger charge is 2.18. The van der Waals surface area contributed by atoms with Crippen molar-refractivity contribution in [1.82, 2.24) is 0 Å². The van der Waals surface area contributed by atoms with Gasteiger partial charge in [-0.25, -0.2) is 4.79 Å². The summed E-state index contributed by atoms with van der Waals surface area (Å²) in [6.07, 6.45) is 0.726. The van der Waals surface area contributed by atoms with E-state index in [2.05, 4.69) is 4.74 Å². The van der Waals surface area contributed by atoms with Crippen LogP contribution in [0.15, 0.2) is 36.4 Å². The number of rotatable bonds is 4. The van der Waals surface area contributed by atoms with E-state index in [4.69, 9.17) is 0 Å². The number of phenolic OH excluding ortho intramolecular Hbond substituents is 2. The van der Waals surface area contributed by atoms with Crippen molar-refractivity contribution in [3.8, 4) is 11.5 Å². The molecule has 114 valence electrons. The molecule has 0 bridgehead atoms. The molecule has 0 fully saturated rings. The van der Waals surface area contributed by atoms with Gasteiger partial charge in [-0.1, -0.05) is 13.0 Å². The lowest BCUT2D eigenvalue weighted by molar-refractivity contribution is 0.0597. The lowest BCUT2D eigenvalue weighted by atomic mass is 9.98. The van der Waals surface area contributed by atoms with Gasteiger partial charge in [0.15, 0.2) is 5.78 Å². The van der Waals surface area contributed by atoms with E-state index < -0.39 is 11.8 Å². The van der Waals surface area contributed by atoms with E-state index in [1.165, 1.54) is 31.4 Å². The number of carbonyl (C=O) groups excluding carboxylic acids is 2. The Morgan fingerprint density at radius 2 is 1.64 bits per heavy atom. The summed E-state index contributed by atoms with van der Waals surface area (Å²) in [5.41, 5.74) is 1.15. The molecule has 2 rings (SSSR count). The minimum atomic E-state index is -0.737. The van der Waals surface area contributed by atoms with Crippen LogP contribution in [0.25, 0.3) is 0 Å². The summed E-state index contributed by atoms with van der Waals surface area (Å²) in [7, 11) is 1.19. The van der Waals surface area contributed by atoms with E-state index in [1.807, 2.05) is 6.92 Å². The van der Waals surface area contributed by atoms with Gasteiger partial charge in [-0.15, -0.1) is 0 Å². The fraction of sp³-hybridized carbons (Fsp3) is 0.176. The smallest absolute Gasteiger partial charge is 0.341 e. The van der Waals surface area contributed by atoms with Crippen molar-refractivity contribution in [3.63, 3.8) is 0 Å². The number of benzene rings is 2. The van der Waals surface area contributed by atoms with Gasteiger partial charge in [-0.3, -0.25) is 4.79 Å². The monoisotopic (exact) mass is 300 g/mol. The van der Waals surface area contributed by atoms with Gasteiger partial charge < -0.3 is 14.9 Å². The van der Waals surface area contributed by atoms with E-state index in [0.29, 0.717) is 0 Å². The molecule has 0 saturated carbocycles. The molecule has 0 heterocycles. The number of carbonyl (C=O) groups is 2. The van der Waals surface area contributed by atoms with Crippen molar-refractivity contribution < 1.29 is 24.5 Å². The van der Waals surface area contributed by atoms with Gasteiger partial charge in [-0.2, -0.15) is 0 Å². The second-order valence-electron chi connectivity index (χ2n) is 4.76. The maximum absolute atomic E-state index is 12.5.